The van der Waals surface area contributed by atoms with Gasteiger partial charge < -0.3 is 19.6 Å². The normalized spacial score (nSPS) is 17.1. The molecular formula is C26H30ClN5O2. The molecule has 0 bridgehead atoms. The summed E-state index contributed by atoms with van der Waals surface area (Å²) in [4.78, 5) is 21.5. The minimum absolute atomic E-state index is 0.0965. The molecule has 2 amide bonds. The first-order valence-corrected chi connectivity index (χ1v) is 12.5. The van der Waals surface area contributed by atoms with Gasteiger partial charge in [0.05, 0.1) is 0 Å². The molecule has 0 atom stereocenters. The van der Waals surface area contributed by atoms with Crippen molar-refractivity contribution in [2.45, 2.75) is 44.9 Å². The Morgan fingerprint density at radius 1 is 1.03 bits per heavy atom. The second-order valence-electron chi connectivity index (χ2n) is 9.21. The van der Waals surface area contributed by atoms with Crippen LogP contribution in [-0.2, 0) is 0 Å². The quantitative estimate of drug-likeness (QED) is 0.489. The van der Waals surface area contributed by atoms with E-state index in [0.29, 0.717) is 35.5 Å². The number of urea groups is 1. The SMILES string of the molecule is Cc1ccc(NC(=O)N2CCN(c3ccc(-c4noc(C5CCCCC5)n4)cc3)CC2)cc1Cl. The molecular weight excluding hydrogens is 450 g/mol. The molecule has 2 aromatic carbocycles. The zero-order valence-electron chi connectivity index (χ0n) is 19.5. The van der Waals surface area contributed by atoms with Crippen LogP contribution in [0.1, 0.15) is 49.5 Å². The van der Waals surface area contributed by atoms with Gasteiger partial charge in [-0.05, 0) is 61.7 Å². The fourth-order valence-corrected chi connectivity index (χ4v) is 4.91. The van der Waals surface area contributed by atoms with Gasteiger partial charge in [-0.25, -0.2) is 4.79 Å². The van der Waals surface area contributed by atoms with Crippen molar-refractivity contribution < 1.29 is 9.32 Å². The van der Waals surface area contributed by atoms with Crippen molar-refractivity contribution in [3.8, 4) is 11.4 Å². The Balaban J connectivity index is 1.16. The first kappa shape index (κ1) is 22.7. The minimum atomic E-state index is -0.0965. The highest BCUT2D eigenvalue weighted by Gasteiger charge is 2.23. The summed E-state index contributed by atoms with van der Waals surface area (Å²) >= 11 is 6.17. The van der Waals surface area contributed by atoms with Crippen LogP contribution < -0.4 is 10.2 Å². The number of hydrogen-bond donors (Lipinski definition) is 1. The number of carbonyl (C=O) groups is 1. The maximum absolute atomic E-state index is 12.7. The second kappa shape index (κ2) is 10.1. The number of nitrogens with zero attached hydrogens (tertiary/aromatic N) is 4. The summed E-state index contributed by atoms with van der Waals surface area (Å²) in [6.07, 6.45) is 6.07. The average molecular weight is 480 g/mol. The third kappa shape index (κ3) is 5.04. The number of hydrogen-bond acceptors (Lipinski definition) is 5. The van der Waals surface area contributed by atoms with Crippen LogP contribution in [0, 0.1) is 6.92 Å². The Morgan fingerprint density at radius 2 is 1.76 bits per heavy atom. The lowest BCUT2D eigenvalue weighted by Gasteiger charge is -2.36. The van der Waals surface area contributed by atoms with E-state index < -0.39 is 0 Å². The van der Waals surface area contributed by atoms with Gasteiger partial charge in [-0.2, -0.15) is 4.98 Å². The van der Waals surface area contributed by atoms with Crippen LogP contribution in [0.15, 0.2) is 47.0 Å². The Morgan fingerprint density at radius 3 is 2.47 bits per heavy atom. The molecule has 1 aliphatic heterocycles. The molecule has 0 unspecified atom stereocenters. The van der Waals surface area contributed by atoms with E-state index in [9.17, 15) is 4.79 Å². The summed E-state index contributed by atoms with van der Waals surface area (Å²) in [5.41, 5.74) is 3.80. The predicted octanol–water partition coefficient (Wildman–Crippen LogP) is 6.10. The van der Waals surface area contributed by atoms with E-state index in [2.05, 4.69) is 32.5 Å². The molecule has 2 fully saturated rings. The Hall–Kier alpha value is -3.06. The zero-order valence-corrected chi connectivity index (χ0v) is 20.2. The van der Waals surface area contributed by atoms with E-state index in [0.717, 1.165) is 48.6 Å². The fraction of sp³-hybridized carbons (Fsp3) is 0.423. The third-order valence-corrected chi connectivity index (χ3v) is 7.28. The molecule has 1 N–H and O–H groups in total. The van der Waals surface area contributed by atoms with Crippen LogP contribution in [0.5, 0.6) is 0 Å². The molecule has 2 aliphatic rings. The lowest BCUT2D eigenvalue weighted by molar-refractivity contribution is 0.208. The van der Waals surface area contributed by atoms with Crippen molar-refractivity contribution in [3.63, 3.8) is 0 Å². The summed E-state index contributed by atoms with van der Waals surface area (Å²) in [5, 5.41) is 7.82. The smallest absolute Gasteiger partial charge is 0.321 e. The van der Waals surface area contributed by atoms with Gasteiger partial charge in [-0.1, -0.05) is 42.1 Å². The molecule has 0 radical (unpaired) electrons. The molecule has 34 heavy (non-hydrogen) atoms. The van der Waals surface area contributed by atoms with Gasteiger partial charge in [0, 0.05) is 54.1 Å². The van der Waals surface area contributed by atoms with Crippen LogP contribution in [0.25, 0.3) is 11.4 Å². The monoisotopic (exact) mass is 479 g/mol. The first-order valence-electron chi connectivity index (χ1n) is 12.1. The molecule has 1 aromatic heterocycles. The largest absolute Gasteiger partial charge is 0.368 e. The Kier molecular flexibility index (Phi) is 6.72. The number of rotatable bonds is 4. The topological polar surface area (TPSA) is 74.5 Å². The zero-order chi connectivity index (χ0) is 23.5. The molecule has 1 saturated carbocycles. The summed E-state index contributed by atoms with van der Waals surface area (Å²) in [6.45, 7) is 4.80. The number of amides is 2. The standard InChI is InChI=1S/C26H30ClN5O2/c1-18-7-10-21(17-23(18)27)28-26(33)32-15-13-31(14-16-32)22-11-8-19(9-12-22)24-29-25(34-30-24)20-5-3-2-4-6-20/h7-12,17,20H,2-6,13-16H2,1H3,(H,28,33). The van der Waals surface area contributed by atoms with E-state index in [1.807, 2.05) is 36.1 Å². The molecule has 3 aromatic rings. The third-order valence-electron chi connectivity index (χ3n) is 6.88. The molecule has 0 spiro atoms. The molecule has 2 heterocycles. The van der Waals surface area contributed by atoms with Gasteiger partial charge in [0.1, 0.15) is 0 Å². The second-order valence-corrected chi connectivity index (χ2v) is 9.61. The molecule has 1 saturated heterocycles. The van der Waals surface area contributed by atoms with E-state index in [1.54, 1.807) is 6.07 Å². The maximum Gasteiger partial charge on any atom is 0.321 e. The molecule has 8 heteroatoms. The van der Waals surface area contributed by atoms with Crippen molar-refractivity contribution in [1.29, 1.82) is 0 Å². The van der Waals surface area contributed by atoms with Gasteiger partial charge >= 0.3 is 6.03 Å². The maximum atomic E-state index is 12.7. The highest BCUT2D eigenvalue weighted by Crippen LogP contribution is 2.33. The Bertz CT molecular complexity index is 1130. The highest BCUT2D eigenvalue weighted by atomic mass is 35.5. The molecule has 178 valence electrons. The number of carbonyl (C=O) groups excluding carboxylic acids is 1. The number of piperazine rings is 1. The predicted molar refractivity (Wildman–Crippen MR) is 135 cm³/mol. The van der Waals surface area contributed by atoms with Crippen LogP contribution in [0.4, 0.5) is 16.2 Å². The summed E-state index contributed by atoms with van der Waals surface area (Å²) in [7, 11) is 0. The van der Waals surface area contributed by atoms with Crippen molar-refractivity contribution in [2.24, 2.45) is 0 Å². The summed E-state index contributed by atoms with van der Waals surface area (Å²) < 4.78 is 5.57. The number of halogens is 1. The minimum Gasteiger partial charge on any atom is -0.368 e. The van der Waals surface area contributed by atoms with Gasteiger partial charge in [-0.3, -0.25) is 0 Å². The van der Waals surface area contributed by atoms with E-state index in [4.69, 9.17) is 16.1 Å². The molecule has 1 aliphatic carbocycles. The van der Waals surface area contributed by atoms with Crippen LogP contribution in [0.2, 0.25) is 5.02 Å². The molecule has 5 rings (SSSR count). The van der Waals surface area contributed by atoms with E-state index in [-0.39, 0.29) is 6.03 Å². The number of aryl methyl sites for hydroxylation is 1. The van der Waals surface area contributed by atoms with Crippen molar-refractivity contribution in [3.05, 3.63) is 58.9 Å². The van der Waals surface area contributed by atoms with Crippen molar-refractivity contribution >= 4 is 29.0 Å². The highest BCUT2D eigenvalue weighted by molar-refractivity contribution is 6.31. The summed E-state index contributed by atoms with van der Waals surface area (Å²) in [5.74, 6) is 1.84. The van der Waals surface area contributed by atoms with Crippen LogP contribution in [0.3, 0.4) is 0 Å². The number of nitrogens with one attached hydrogen (secondary N) is 1. The van der Waals surface area contributed by atoms with Gasteiger partial charge in [0.15, 0.2) is 0 Å². The lowest BCUT2D eigenvalue weighted by atomic mass is 9.89. The number of anilines is 2. The number of benzene rings is 2. The average Bonchev–Trinajstić information content (AvgIpc) is 3.37. The van der Waals surface area contributed by atoms with Gasteiger partial charge in [0.25, 0.3) is 0 Å². The molecule has 7 nitrogen and oxygen atoms in total. The summed E-state index contributed by atoms with van der Waals surface area (Å²) in [6, 6.07) is 13.8. The van der Waals surface area contributed by atoms with Gasteiger partial charge in [0.2, 0.25) is 11.7 Å². The van der Waals surface area contributed by atoms with Crippen LogP contribution in [-0.4, -0.2) is 47.3 Å². The van der Waals surface area contributed by atoms with Crippen molar-refractivity contribution in [1.82, 2.24) is 15.0 Å². The van der Waals surface area contributed by atoms with Crippen LogP contribution >= 0.6 is 11.6 Å². The lowest BCUT2D eigenvalue weighted by Crippen LogP contribution is -2.50. The Labute approximate surface area is 205 Å². The van der Waals surface area contributed by atoms with E-state index >= 15 is 0 Å². The van der Waals surface area contributed by atoms with E-state index in [1.165, 1.54) is 19.3 Å². The number of aromatic nitrogens is 2. The first-order chi connectivity index (χ1) is 16.6. The van der Waals surface area contributed by atoms with Gasteiger partial charge in [-0.15, -0.1) is 0 Å². The fourth-order valence-electron chi connectivity index (χ4n) is 4.73. The van der Waals surface area contributed by atoms with Crippen molar-refractivity contribution in [2.75, 3.05) is 36.4 Å².